The molecule has 0 bridgehead atoms. The van der Waals surface area contributed by atoms with E-state index in [0.717, 1.165) is 18.5 Å². The Hall–Kier alpha value is -2.49. The highest BCUT2D eigenvalue weighted by molar-refractivity contribution is 5.71. The molecule has 1 aliphatic heterocycles. The zero-order valence-corrected chi connectivity index (χ0v) is 11.9. The second kappa shape index (κ2) is 5.48. The zero-order valence-electron chi connectivity index (χ0n) is 11.9. The van der Waals surface area contributed by atoms with E-state index in [4.69, 9.17) is 9.84 Å². The molecule has 4 nitrogen and oxygen atoms in total. The molecule has 0 aromatic heterocycles. The lowest BCUT2D eigenvalue weighted by molar-refractivity contribution is -0.139. The van der Waals surface area contributed by atoms with Crippen LogP contribution < -0.4 is 9.64 Å². The minimum absolute atomic E-state index is 0.315. The Morgan fingerprint density at radius 3 is 2.62 bits per heavy atom. The van der Waals surface area contributed by atoms with Gasteiger partial charge in [-0.3, -0.25) is 0 Å². The first-order valence-corrected chi connectivity index (χ1v) is 6.92. The lowest BCUT2D eigenvalue weighted by atomic mass is 10.0. The van der Waals surface area contributed by atoms with E-state index in [1.54, 1.807) is 12.1 Å². The molecule has 108 valence electrons. The van der Waals surface area contributed by atoms with Crippen LogP contribution in [0.15, 0.2) is 42.5 Å². The minimum Gasteiger partial charge on any atom is -0.482 e. The molecule has 0 radical (unpaired) electrons. The Morgan fingerprint density at radius 1 is 1.19 bits per heavy atom. The van der Waals surface area contributed by atoms with Gasteiger partial charge in [0.25, 0.3) is 0 Å². The van der Waals surface area contributed by atoms with Gasteiger partial charge in [-0.25, -0.2) is 4.79 Å². The maximum atomic E-state index is 10.5. The van der Waals surface area contributed by atoms with Crippen LogP contribution in [0.4, 0.5) is 5.69 Å². The summed E-state index contributed by atoms with van der Waals surface area (Å²) in [6.45, 7) is 0.755. The average Bonchev–Trinajstić information content (AvgIpc) is 2.86. The number of rotatable bonds is 4. The summed E-state index contributed by atoms with van der Waals surface area (Å²) in [4.78, 5) is 12.7. The van der Waals surface area contributed by atoms with Crippen LogP contribution in [-0.4, -0.2) is 31.3 Å². The summed E-state index contributed by atoms with van der Waals surface area (Å²) < 4.78 is 5.14. The van der Waals surface area contributed by atoms with E-state index in [-0.39, 0.29) is 6.61 Å². The number of ether oxygens (including phenoxy) is 1. The smallest absolute Gasteiger partial charge is 0.341 e. The van der Waals surface area contributed by atoms with Crippen LogP contribution in [0.1, 0.15) is 5.56 Å². The van der Waals surface area contributed by atoms with Gasteiger partial charge in [-0.1, -0.05) is 18.2 Å². The SMILES string of the molecule is CN1CCc2cc(-c3ccc(OCC(=O)O)cc3)ccc21. The monoisotopic (exact) mass is 283 g/mol. The largest absolute Gasteiger partial charge is 0.482 e. The Kier molecular flexibility index (Phi) is 3.52. The topological polar surface area (TPSA) is 49.8 Å². The molecule has 0 fully saturated rings. The van der Waals surface area contributed by atoms with Crippen molar-refractivity contribution in [2.75, 3.05) is 25.1 Å². The molecule has 0 spiro atoms. The van der Waals surface area contributed by atoms with Gasteiger partial charge in [0.2, 0.25) is 0 Å². The molecule has 1 aliphatic rings. The first-order valence-electron chi connectivity index (χ1n) is 6.92. The Morgan fingerprint density at radius 2 is 1.90 bits per heavy atom. The first-order chi connectivity index (χ1) is 10.1. The second-order valence-electron chi connectivity index (χ2n) is 5.22. The van der Waals surface area contributed by atoms with Gasteiger partial charge in [-0.2, -0.15) is 0 Å². The summed E-state index contributed by atoms with van der Waals surface area (Å²) in [5, 5.41) is 8.59. The number of likely N-dealkylation sites (N-methyl/N-ethyl adjacent to an activating group) is 1. The third-order valence-electron chi connectivity index (χ3n) is 3.76. The summed E-state index contributed by atoms with van der Waals surface area (Å²) >= 11 is 0. The quantitative estimate of drug-likeness (QED) is 0.937. The van der Waals surface area contributed by atoms with Gasteiger partial charge in [-0.15, -0.1) is 0 Å². The van der Waals surface area contributed by atoms with Crippen LogP contribution in [0.3, 0.4) is 0 Å². The van der Waals surface area contributed by atoms with Crippen LogP contribution in [-0.2, 0) is 11.2 Å². The van der Waals surface area contributed by atoms with Gasteiger partial charge in [0.1, 0.15) is 5.75 Å². The molecular weight excluding hydrogens is 266 g/mol. The van der Waals surface area contributed by atoms with Crippen molar-refractivity contribution < 1.29 is 14.6 Å². The van der Waals surface area contributed by atoms with Crippen molar-refractivity contribution in [2.24, 2.45) is 0 Å². The summed E-state index contributed by atoms with van der Waals surface area (Å²) in [6.07, 6.45) is 1.08. The number of benzene rings is 2. The fraction of sp³-hybridized carbons (Fsp3) is 0.235. The molecule has 0 amide bonds. The Bertz CT molecular complexity index is 664. The van der Waals surface area contributed by atoms with Crippen LogP contribution in [0.5, 0.6) is 5.75 Å². The number of anilines is 1. The highest BCUT2D eigenvalue weighted by Gasteiger charge is 2.15. The summed E-state index contributed by atoms with van der Waals surface area (Å²) in [7, 11) is 2.11. The number of carboxylic acids is 1. The lowest BCUT2D eigenvalue weighted by Crippen LogP contribution is -2.12. The van der Waals surface area contributed by atoms with Crippen molar-refractivity contribution in [1.82, 2.24) is 0 Å². The molecule has 0 saturated heterocycles. The van der Waals surface area contributed by atoms with E-state index >= 15 is 0 Å². The van der Waals surface area contributed by atoms with Gasteiger partial charge in [0.15, 0.2) is 6.61 Å². The fourth-order valence-electron chi connectivity index (χ4n) is 2.63. The third kappa shape index (κ3) is 2.84. The van der Waals surface area contributed by atoms with Gasteiger partial charge in [-0.05, 0) is 47.4 Å². The Labute approximate surface area is 123 Å². The van der Waals surface area contributed by atoms with Crippen molar-refractivity contribution >= 4 is 11.7 Å². The first kappa shape index (κ1) is 13.5. The predicted molar refractivity (Wildman–Crippen MR) is 82.0 cm³/mol. The molecule has 1 heterocycles. The number of aliphatic carboxylic acids is 1. The summed E-state index contributed by atoms with van der Waals surface area (Å²) in [5.41, 5.74) is 4.96. The molecule has 21 heavy (non-hydrogen) atoms. The number of nitrogens with zero attached hydrogens (tertiary/aromatic N) is 1. The van der Waals surface area contributed by atoms with Gasteiger partial charge in [0.05, 0.1) is 0 Å². The van der Waals surface area contributed by atoms with Gasteiger partial charge < -0.3 is 14.7 Å². The van der Waals surface area contributed by atoms with E-state index in [1.165, 1.54) is 16.8 Å². The van der Waals surface area contributed by atoms with E-state index in [2.05, 4.69) is 30.1 Å². The molecule has 3 rings (SSSR count). The van der Waals surface area contributed by atoms with E-state index in [9.17, 15) is 4.79 Å². The molecule has 4 heteroatoms. The zero-order chi connectivity index (χ0) is 14.8. The molecule has 0 aliphatic carbocycles. The fourth-order valence-corrected chi connectivity index (χ4v) is 2.63. The van der Waals surface area contributed by atoms with Crippen molar-refractivity contribution in [3.05, 3.63) is 48.0 Å². The van der Waals surface area contributed by atoms with Crippen LogP contribution in [0.2, 0.25) is 0 Å². The summed E-state index contributed by atoms with van der Waals surface area (Å²) in [6, 6.07) is 14.0. The average molecular weight is 283 g/mol. The van der Waals surface area contributed by atoms with Gasteiger partial charge >= 0.3 is 5.97 Å². The van der Waals surface area contributed by atoms with Crippen molar-refractivity contribution in [3.8, 4) is 16.9 Å². The number of carboxylic acid groups (broad SMARTS) is 1. The van der Waals surface area contributed by atoms with E-state index in [1.807, 2.05) is 12.1 Å². The molecule has 1 N–H and O–H groups in total. The third-order valence-corrected chi connectivity index (χ3v) is 3.76. The maximum Gasteiger partial charge on any atom is 0.341 e. The standard InChI is InChI=1S/C17H17NO3/c1-18-9-8-14-10-13(4-7-16(14)18)12-2-5-15(6-3-12)21-11-17(19)20/h2-7,10H,8-9,11H2,1H3,(H,19,20). The maximum absolute atomic E-state index is 10.5. The molecule has 0 saturated carbocycles. The summed E-state index contributed by atoms with van der Waals surface area (Å²) in [5.74, 6) is -0.399. The predicted octanol–water partition coefficient (Wildman–Crippen LogP) is 2.81. The van der Waals surface area contributed by atoms with Crippen molar-refractivity contribution in [3.63, 3.8) is 0 Å². The van der Waals surface area contributed by atoms with Crippen molar-refractivity contribution in [1.29, 1.82) is 0 Å². The van der Waals surface area contributed by atoms with Crippen LogP contribution >= 0.6 is 0 Å². The number of fused-ring (bicyclic) bond motifs is 1. The van der Waals surface area contributed by atoms with Crippen LogP contribution in [0, 0.1) is 0 Å². The molecule has 0 atom stereocenters. The normalized spacial score (nSPS) is 13.1. The molecule has 0 unspecified atom stereocenters. The molecule has 2 aromatic rings. The molecular formula is C17H17NO3. The number of hydrogen-bond acceptors (Lipinski definition) is 3. The van der Waals surface area contributed by atoms with E-state index in [0.29, 0.717) is 5.75 Å². The minimum atomic E-state index is -0.971. The second-order valence-corrected chi connectivity index (χ2v) is 5.22. The highest BCUT2D eigenvalue weighted by atomic mass is 16.5. The number of carbonyl (C=O) groups is 1. The van der Waals surface area contributed by atoms with Crippen molar-refractivity contribution in [2.45, 2.75) is 6.42 Å². The molecule has 2 aromatic carbocycles. The Balaban J connectivity index is 1.80. The van der Waals surface area contributed by atoms with Crippen LogP contribution in [0.25, 0.3) is 11.1 Å². The van der Waals surface area contributed by atoms with E-state index < -0.39 is 5.97 Å². The highest BCUT2D eigenvalue weighted by Crippen LogP contribution is 2.31. The number of hydrogen-bond donors (Lipinski definition) is 1. The lowest BCUT2D eigenvalue weighted by Gasteiger charge is -2.12. The van der Waals surface area contributed by atoms with Gasteiger partial charge in [0, 0.05) is 19.3 Å².